The fourth-order valence-corrected chi connectivity index (χ4v) is 2.86. The van der Waals surface area contributed by atoms with E-state index in [1.54, 1.807) is 12.1 Å². The number of hydrogen-bond acceptors (Lipinski definition) is 3. The molecule has 0 saturated heterocycles. The molecule has 2 N–H and O–H groups in total. The fourth-order valence-electron chi connectivity index (χ4n) is 2.67. The van der Waals surface area contributed by atoms with Crippen molar-refractivity contribution in [1.82, 2.24) is 10.6 Å². The summed E-state index contributed by atoms with van der Waals surface area (Å²) in [5, 5.41) is 6.16. The Labute approximate surface area is 177 Å². The number of nitrogens with one attached hydrogen (secondary N) is 2. The molecule has 0 radical (unpaired) electrons. The van der Waals surface area contributed by atoms with E-state index in [2.05, 4.69) is 31.4 Å². The van der Waals surface area contributed by atoms with Gasteiger partial charge in [0, 0.05) is 25.1 Å². The van der Waals surface area contributed by atoms with Crippen LogP contribution in [0.3, 0.4) is 0 Å². The van der Waals surface area contributed by atoms with Crippen LogP contribution < -0.4 is 15.4 Å². The van der Waals surface area contributed by atoms with Crippen molar-refractivity contribution in [3.05, 3.63) is 64.7 Å². The predicted molar refractivity (Wildman–Crippen MR) is 117 cm³/mol. The van der Waals surface area contributed by atoms with Gasteiger partial charge in [-0.1, -0.05) is 56.6 Å². The zero-order chi connectivity index (χ0) is 21.3. The zero-order valence-corrected chi connectivity index (χ0v) is 18.0. The maximum atomic E-state index is 12.2. The first kappa shape index (κ1) is 22.8. The number of carbonyl (C=O) groups is 2. The van der Waals surface area contributed by atoms with Crippen molar-refractivity contribution in [1.29, 1.82) is 0 Å². The third kappa shape index (κ3) is 7.78. The van der Waals surface area contributed by atoms with E-state index >= 15 is 0 Å². The van der Waals surface area contributed by atoms with Gasteiger partial charge >= 0.3 is 0 Å². The monoisotopic (exact) mass is 416 g/mol. The maximum Gasteiger partial charge on any atom is 0.251 e. The topological polar surface area (TPSA) is 67.4 Å². The van der Waals surface area contributed by atoms with Gasteiger partial charge in [0.2, 0.25) is 5.91 Å². The molecule has 0 spiro atoms. The number of rotatable bonds is 9. The maximum absolute atomic E-state index is 12.2. The SMILES string of the molecule is CC(C)(C)c1ccc(C(=O)NCCNC(=O)CCCOc2ccccc2Cl)cc1. The lowest BCUT2D eigenvalue weighted by atomic mass is 9.87. The Morgan fingerprint density at radius 2 is 1.62 bits per heavy atom. The largest absolute Gasteiger partial charge is 0.492 e. The number of para-hydroxylation sites is 1. The van der Waals surface area contributed by atoms with Crippen molar-refractivity contribution in [2.75, 3.05) is 19.7 Å². The van der Waals surface area contributed by atoms with Crippen molar-refractivity contribution >= 4 is 23.4 Å². The van der Waals surface area contributed by atoms with Gasteiger partial charge in [0.15, 0.2) is 0 Å². The Balaban J connectivity index is 1.60. The summed E-state index contributed by atoms with van der Waals surface area (Å²) < 4.78 is 5.55. The molecule has 5 nitrogen and oxygen atoms in total. The van der Waals surface area contributed by atoms with Gasteiger partial charge in [-0.2, -0.15) is 0 Å². The van der Waals surface area contributed by atoms with Crippen molar-refractivity contribution in [3.63, 3.8) is 0 Å². The molecule has 0 fully saturated rings. The third-order valence-electron chi connectivity index (χ3n) is 4.39. The van der Waals surface area contributed by atoms with Gasteiger partial charge in [0.25, 0.3) is 5.91 Å². The molecule has 0 aliphatic rings. The van der Waals surface area contributed by atoms with Gasteiger partial charge in [-0.3, -0.25) is 9.59 Å². The molecule has 0 atom stereocenters. The average molecular weight is 417 g/mol. The number of halogens is 1. The van der Waals surface area contributed by atoms with Crippen LogP contribution in [0.2, 0.25) is 5.02 Å². The van der Waals surface area contributed by atoms with Crippen molar-refractivity contribution in [2.24, 2.45) is 0 Å². The molecule has 0 saturated carbocycles. The molecular formula is C23H29ClN2O3. The number of carbonyl (C=O) groups excluding carboxylic acids is 2. The van der Waals surface area contributed by atoms with Crippen LogP contribution in [0.1, 0.15) is 49.5 Å². The molecule has 2 aromatic carbocycles. The van der Waals surface area contributed by atoms with Gasteiger partial charge < -0.3 is 15.4 Å². The molecule has 0 unspecified atom stereocenters. The second kappa shape index (κ2) is 10.9. The average Bonchev–Trinajstić information content (AvgIpc) is 2.69. The molecule has 0 aliphatic carbocycles. The van der Waals surface area contributed by atoms with Crippen LogP contribution in [0.25, 0.3) is 0 Å². The second-order valence-corrected chi connectivity index (χ2v) is 8.22. The first-order valence-electron chi connectivity index (χ1n) is 9.80. The molecule has 29 heavy (non-hydrogen) atoms. The van der Waals surface area contributed by atoms with Crippen molar-refractivity contribution in [3.8, 4) is 5.75 Å². The van der Waals surface area contributed by atoms with Crippen molar-refractivity contribution in [2.45, 2.75) is 39.0 Å². The van der Waals surface area contributed by atoms with Crippen LogP contribution in [0, 0.1) is 0 Å². The highest BCUT2D eigenvalue weighted by Gasteiger charge is 2.14. The Kier molecular flexibility index (Phi) is 8.52. The number of benzene rings is 2. The Bertz CT molecular complexity index is 814. The van der Waals surface area contributed by atoms with E-state index in [9.17, 15) is 9.59 Å². The first-order chi connectivity index (χ1) is 13.8. The summed E-state index contributed by atoms with van der Waals surface area (Å²) >= 11 is 6.01. The lowest BCUT2D eigenvalue weighted by Gasteiger charge is -2.19. The van der Waals surface area contributed by atoms with E-state index in [0.717, 1.165) is 0 Å². The van der Waals surface area contributed by atoms with Gasteiger partial charge in [-0.05, 0) is 41.7 Å². The Hall–Kier alpha value is -2.53. The molecule has 2 rings (SSSR count). The first-order valence-corrected chi connectivity index (χ1v) is 10.2. The summed E-state index contributed by atoms with van der Waals surface area (Å²) in [4.78, 5) is 24.0. The van der Waals surface area contributed by atoms with Crippen molar-refractivity contribution < 1.29 is 14.3 Å². The second-order valence-electron chi connectivity index (χ2n) is 7.82. The zero-order valence-electron chi connectivity index (χ0n) is 17.3. The quantitative estimate of drug-likeness (QED) is 0.597. The highest BCUT2D eigenvalue weighted by Crippen LogP contribution is 2.23. The number of ether oxygens (including phenoxy) is 1. The van der Waals surface area contributed by atoms with E-state index in [-0.39, 0.29) is 17.2 Å². The minimum atomic E-state index is -0.146. The van der Waals surface area contributed by atoms with E-state index < -0.39 is 0 Å². The van der Waals surface area contributed by atoms with Crippen LogP contribution in [0.15, 0.2) is 48.5 Å². The summed E-state index contributed by atoms with van der Waals surface area (Å²) in [7, 11) is 0. The molecule has 2 amide bonds. The highest BCUT2D eigenvalue weighted by molar-refractivity contribution is 6.32. The fraction of sp³-hybridized carbons (Fsp3) is 0.391. The number of amides is 2. The molecule has 0 aliphatic heterocycles. The van der Waals surface area contributed by atoms with Crippen LogP contribution in [0.5, 0.6) is 5.75 Å². The van der Waals surface area contributed by atoms with Gasteiger partial charge in [0.05, 0.1) is 11.6 Å². The van der Waals surface area contributed by atoms with E-state index in [1.807, 2.05) is 36.4 Å². The van der Waals surface area contributed by atoms with E-state index in [0.29, 0.717) is 48.9 Å². The van der Waals surface area contributed by atoms with E-state index in [4.69, 9.17) is 16.3 Å². The summed E-state index contributed by atoms with van der Waals surface area (Å²) in [6.45, 7) is 7.57. The third-order valence-corrected chi connectivity index (χ3v) is 4.70. The van der Waals surface area contributed by atoms with Crippen LogP contribution in [-0.2, 0) is 10.2 Å². The van der Waals surface area contributed by atoms with E-state index in [1.165, 1.54) is 5.56 Å². The lowest BCUT2D eigenvalue weighted by Crippen LogP contribution is -2.34. The summed E-state index contributed by atoms with van der Waals surface area (Å²) in [5.74, 6) is 0.400. The molecule has 0 bridgehead atoms. The summed E-state index contributed by atoms with van der Waals surface area (Å²) in [6.07, 6.45) is 0.941. The van der Waals surface area contributed by atoms with Gasteiger partial charge in [-0.25, -0.2) is 0 Å². The molecule has 0 aromatic heterocycles. The molecule has 156 valence electrons. The highest BCUT2D eigenvalue weighted by atomic mass is 35.5. The molecule has 0 heterocycles. The minimum absolute atomic E-state index is 0.0533. The molecular weight excluding hydrogens is 388 g/mol. The van der Waals surface area contributed by atoms with Gasteiger partial charge in [0.1, 0.15) is 5.75 Å². The summed E-state index contributed by atoms with van der Waals surface area (Å²) in [5.41, 5.74) is 1.85. The Morgan fingerprint density at radius 3 is 2.28 bits per heavy atom. The standard InChI is InChI=1S/C23H29ClN2O3/c1-23(2,3)18-12-10-17(11-13-18)22(28)26-15-14-25-21(27)9-6-16-29-20-8-5-4-7-19(20)24/h4-5,7-8,10-13H,6,9,14-16H2,1-3H3,(H,25,27)(H,26,28). The molecule has 6 heteroatoms. The minimum Gasteiger partial charge on any atom is -0.492 e. The van der Waals surface area contributed by atoms with Crippen LogP contribution in [-0.4, -0.2) is 31.5 Å². The number of hydrogen-bond donors (Lipinski definition) is 2. The van der Waals surface area contributed by atoms with Crippen LogP contribution >= 0.6 is 11.6 Å². The summed E-state index contributed by atoms with van der Waals surface area (Å²) in [6, 6.07) is 14.8. The molecule has 2 aromatic rings. The normalized spacial score (nSPS) is 11.0. The van der Waals surface area contributed by atoms with Gasteiger partial charge in [-0.15, -0.1) is 0 Å². The Morgan fingerprint density at radius 1 is 0.966 bits per heavy atom. The lowest BCUT2D eigenvalue weighted by molar-refractivity contribution is -0.121. The van der Waals surface area contributed by atoms with Crippen LogP contribution in [0.4, 0.5) is 0 Å². The predicted octanol–water partition coefficient (Wildman–Crippen LogP) is 4.34. The smallest absolute Gasteiger partial charge is 0.251 e.